The molecule has 2 nitrogen and oxygen atoms in total. The Bertz CT molecular complexity index is 513. The van der Waals surface area contributed by atoms with E-state index in [1.165, 1.54) is 116 Å². The monoisotopic (exact) mass is 555 g/mol. The fraction of sp³-hybridized carbons (Fsp3) is 1.00. The van der Waals surface area contributed by atoms with Crippen molar-refractivity contribution in [1.82, 2.24) is 0 Å². The Hall–Kier alpha value is 0.137. The largest absolute Gasteiger partial charge is 0.414 e. The van der Waals surface area contributed by atoms with E-state index < -0.39 is 8.32 Å². The van der Waals surface area contributed by atoms with E-state index >= 15 is 0 Å². The number of rotatable bonds is 26. The predicted molar refractivity (Wildman–Crippen MR) is 175 cm³/mol. The summed E-state index contributed by atoms with van der Waals surface area (Å²) < 4.78 is 6.57. The molecule has 4 atom stereocenters. The standard InChI is InChI=1S/C35H74O2Si/c1-10-11-12-13-14-15-16-17-18-19-20-21-22-23-26-31(2)27-24-25-28-34(36)30-29-32(3)33(4)37-38(8,9)35(5,6)7/h31-34,36H,10-30H2,1-9H3/t31-,32-,33+,34?/m0/s1. The molecule has 0 heterocycles. The molecule has 230 valence electrons. The van der Waals surface area contributed by atoms with Gasteiger partial charge >= 0.3 is 0 Å². The second kappa shape index (κ2) is 22.8. The maximum Gasteiger partial charge on any atom is 0.192 e. The molecule has 0 aromatic heterocycles. The summed E-state index contributed by atoms with van der Waals surface area (Å²) in [5, 5.41) is 10.8. The van der Waals surface area contributed by atoms with Crippen LogP contribution in [-0.4, -0.2) is 25.6 Å². The van der Waals surface area contributed by atoms with Gasteiger partial charge in [-0.25, -0.2) is 0 Å². The van der Waals surface area contributed by atoms with Crippen molar-refractivity contribution in [1.29, 1.82) is 0 Å². The van der Waals surface area contributed by atoms with E-state index in [0.29, 0.717) is 5.92 Å². The van der Waals surface area contributed by atoms with Gasteiger partial charge in [0.2, 0.25) is 0 Å². The lowest BCUT2D eigenvalue weighted by atomic mass is 9.94. The molecular weight excluding hydrogens is 480 g/mol. The smallest absolute Gasteiger partial charge is 0.192 e. The van der Waals surface area contributed by atoms with Gasteiger partial charge in [-0.2, -0.15) is 0 Å². The van der Waals surface area contributed by atoms with E-state index in [-0.39, 0.29) is 17.2 Å². The van der Waals surface area contributed by atoms with Gasteiger partial charge in [0, 0.05) is 6.10 Å². The van der Waals surface area contributed by atoms with Crippen molar-refractivity contribution in [3.8, 4) is 0 Å². The van der Waals surface area contributed by atoms with Crippen molar-refractivity contribution in [2.75, 3.05) is 0 Å². The van der Waals surface area contributed by atoms with E-state index in [4.69, 9.17) is 4.43 Å². The topological polar surface area (TPSA) is 29.5 Å². The van der Waals surface area contributed by atoms with Crippen LogP contribution in [0.4, 0.5) is 0 Å². The number of unbranched alkanes of at least 4 members (excludes halogenated alkanes) is 14. The van der Waals surface area contributed by atoms with E-state index in [1.807, 2.05) is 0 Å². The minimum Gasteiger partial charge on any atom is -0.414 e. The predicted octanol–water partition coefficient (Wildman–Crippen LogP) is 12.2. The average Bonchev–Trinajstić information content (AvgIpc) is 2.84. The fourth-order valence-corrected chi connectivity index (χ4v) is 6.81. The first-order chi connectivity index (χ1) is 17.9. The van der Waals surface area contributed by atoms with Gasteiger partial charge in [0.25, 0.3) is 0 Å². The van der Waals surface area contributed by atoms with E-state index in [2.05, 4.69) is 61.6 Å². The Morgan fingerprint density at radius 1 is 0.579 bits per heavy atom. The van der Waals surface area contributed by atoms with E-state index in [9.17, 15) is 5.11 Å². The molecule has 0 rings (SSSR count). The summed E-state index contributed by atoms with van der Waals surface area (Å²) in [6, 6.07) is 0. The normalized spacial score (nSPS) is 15.9. The van der Waals surface area contributed by atoms with Gasteiger partial charge in [0.15, 0.2) is 8.32 Å². The Balaban J connectivity index is 3.62. The summed E-state index contributed by atoms with van der Waals surface area (Å²) in [5.41, 5.74) is 0. The molecule has 0 saturated heterocycles. The fourth-order valence-electron chi connectivity index (χ4n) is 5.30. The third-order valence-electron chi connectivity index (χ3n) is 9.58. The first-order valence-corrected chi connectivity index (χ1v) is 20.2. The number of hydrogen-bond donors (Lipinski definition) is 1. The van der Waals surface area contributed by atoms with Gasteiger partial charge in [-0.3, -0.25) is 0 Å². The van der Waals surface area contributed by atoms with Crippen LogP contribution >= 0.6 is 0 Å². The second-order valence-electron chi connectivity index (χ2n) is 14.6. The average molecular weight is 555 g/mol. The van der Waals surface area contributed by atoms with Gasteiger partial charge in [-0.15, -0.1) is 0 Å². The van der Waals surface area contributed by atoms with Gasteiger partial charge < -0.3 is 9.53 Å². The van der Waals surface area contributed by atoms with Gasteiger partial charge in [0.1, 0.15) is 0 Å². The summed E-state index contributed by atoms with van der Waals surface area (Å²) in [5.74, 6) is 1.35. The van der Waals surface area contributed by atoms with E-state index in [1.54, 1.807) is 0 Å². The molecule has 0 spiro atoms. The number of aliphatic hydroxyl groups excluding tert-OH is 1. The zero-order chi connectivity index (χ0) is 28.9. The first-order valence-electron chi connectivity index (χ1n) is 17.3. The highest BCUT2D eigenvalue weighted by Gasteiger charge is 2.39. The quantitative estimate of drug-likeness (QED) is 0.0850. The van der Waals surface area contributed by atoms with Gasteiger partial charge in [-0.1, -0.05) is 157 Å². The lowest BCUT2D eigenvalue weighted by Gasteiger charge is -2.40. The zero-order valence-electron chi connectivity index (χ0n) is 28.0. The molecule has 38 heavy (non-hydrogen) atoms. The van der Waals surface area contributed by atoms with Crippen LogP contribution in [0.3, 0.4) is 0 Å². The molecule has 0 bridgehead atoms. The molecule has 0 amide bonds. The van der Waals surface area contributed by atoms with Crippen LogP contribution in [0.25, 0.3) is 0 Å². The maximum atomic E-state index is 10.5. The molecule has 1 N–H and O–H groups in total. The van der Waals surface area contributed by atoms with E-state index in [0.717, 1.165) is 25.2 Å². The van der Waals surface area contributed by atoms with Crippen LogP contribution in [0, 0.1) is 11.8 Å². The second-order valence-corrected chi connectivity index (χ2v) is 19.3. The van der Waals surface area contributed by atoms with Crippen LogP contribution in [0.2, 0.25) is 18.1 Å². The van der Waals surface area contributed by atoms with Crippen LogP contribution < -0.4 is 0 Å². The molecule has 0 aromatic carbocycles. The van der Waals surface area contributed by atoms with Gasteiger partial charge in [-0.05, 0) is 56.2 Å². The van der Waals surface area contributed by atoms with Crippen molar-refractivity contribution < 1.29 is 9.53 Å². The Kier molecular flexibility index (Phi) is 22.9. The SMILES string of the molecule is CCCCCCCCCCCCCCCC[C@H](C)CCCCC(O)CC[C@H](C)[C@@H](C)O[Si](C)(C)C(C)(C)C. The van der Waals surface area contributed by atoms with Crippen molar-refractivity contribution in [3.05, 3.63) is 0 Å². The Labute approximate surface area is 243 Å². The Morgan fingerprint density at radius 3 is 1.42 bits per heavy atom. The molecule has 0 fully saturated rings. The van der Waals surface area contributed by atoms with Crippen LogP contribution in [-0.2, 0) is 4.43 Å². The van der Waals surface area contributed by atoms with Gasteiger partial charge in [0.05, 0.1) is 6.10 Å². The summed E-state index contributed by atoms with van der Waals surface area (Å²) in [6.07, 6.45) is 28.4. The van der Waals surface area contributed by atoms with Crippen LogP contribution in [0.15, 0.2) is 0 Å². The maximum absolute atomic E-state index is 10.5. The lowest BCUT2D eigenvalue weighted by Crippen LogP contribution is -2.44. The zero-order valence-corrected chi connectivity index (χ0v) is 29.0. The Morgan fingerprint density at radius 2 is 0.974 bits per heavy atom. The minimum atomic E-state index is -1.72. The molecule has 0 aliphatic heterocycles. The van der Waals surface area contributed by atoms with Crippen molar-refractivity contribution >= 4 is 8.32 Å². The number of hydrogen-bond acceptors (Lipinski definition) is 2. The summed E-state index contributed by atoms with van der Waals surface area (Å²) >= 11 is 0. The highest BCUT2D eigenvalue weighted by molar-refractivity contribution is 6.74. The van der Waals surface area contributed by atoms with Crippen LogP contribution in [0.1, 0.15) is 183 Å². The molecule has 1 unspecified atom stereocenters. The highest BCUT2D eigenvalue weighted by Crippen LogP contribution is 2.38. The van der Waals surface area contributed by atoms with Crippen molar-refractivity contribution in [2.24, 2.45) is 11.8 Å². The third kappa shape index (κ3) is 21.0. The van der Waals surface area contributed by atoms with Crippen molar-refractivity contribution in [3.63, 3.8) is 0 Å². The lowest BCUT2D eigenvalue weighted by molar-refractivity contribution is 0.106. The number of aliphatic hydroxyl groups is 1. The molecule has 0 aromatic rings. The highest BCUT2D eigenvalue weighted by atomic mass is 28.4. The molecular formula is C35H74O2Si. The van der Waals surface area contributed by atoms with Crippen molar-refractivity contribution in [2.45, 2.75) is 214 Å². The third-order valence-corrected chi connectivity index (χ3v) is 14.2. The summed E-state index contributed by atoms with van der Waals surface area (Å²) in [7, 11) is -1.72. The summed E-state index contributed by atoms with van der Waals surface area (Å²) in [6.45, 7) is 20.9. The molecule has 0 aliphatic carbocycles. The molecule has 0 radical (unpaired) electrons. The minimum absolute atomic E-state index is 0.140. The molecule has 0 saturated carbocycles. The first kappa shape index (κ1) is 38.1. The molecule has 0 aliphatic rings. The van der Waals surface area contributed by atoms with Crippen LogP contribution in [0.5, 0.6) is 0 Å². The molecule has 3 heteroatoms. The summed E-state index contributed by atoms with van der Waals surface area (Å²) in [4.78, 5) is 0.